The second-order valence-electron chi connectivity index (χ2n) is 7.96. The normalized spacial score (nSPS) is 21.2. The largest absolute Gasteiger partial charge is 0.454 e. The maximum absolute atomic E-state index is 14.3. The number of halogens is 6. The van der Waals surface area contributed by atoms with E-state index in [1.807, 2.05) is 19.9 Å². The Balaban J connectivity index is 1.77. The van der Waals surface area contributed by atoms with Crippen LogP contribution in [0.15, 0.2) is 42.5 Å². The molecule has 0 amide bonds. The van der Waals surface area contributed by atoms with E-state index in [9.17, 15) is 14.4 Å². The molecule has 0 aliphatic heterocycles. The van der Waals surface area contributed by atoms with Crippen LogP contribution in [0.3, 0.4) is 0 Å². The van der Waals surface area contributed by atoms with E-state index >= 15 is 0 Å². The van der Waals surface area contributed by atoms with Crippen LogP contribution in [-0.2, 0) is 9.53 Å². The number of hydrogen-bond acceptors (Lipinski definition) is 4. The third-order valence-corrected chi connectivity index (χ3v) is 10.3. The average Bonchev–Trinajstić information content (AvgIpc) is 3.29. The van der Waals surface area contributed by atoms with Gasteiger partial charge in [0.2, 0.25) is 6.10 Å². The van der Waals surface area contributed by atoms with E-state index < -0.39 is 26.0 Å². The fourth-order valence-corrected chi connectivity index (χ4v) is 5.59. The average molecular weight is 717 g/mol. The molecule has 4 atom stereocenters. The molecular weight excluding hydrogens is 700 g/mol. The lowest BCUT2D eigenvalue weighted by Gasteiger charge is -2.21. The first-order chi connectivity index (χ1) is 14.9. The third-order valence-electron chi connectivity index (χ3n) is 5.44. The number of esters is 1. The molecule has 170 valence electrons. The molecule has 32 heavy (non-hydrogen) atoms. The minimum Gasteiger partial charge on any atom is -0.454 e. The molecule has 2 aromatic carbocycles. The van der Waals surface area contributed by atoms with Crippen molar-refractivity contribution >= 4 is 81.3 Å². The van der Waals surface area contributed by atoms with Gasteiger partial charge in [0.25, 0.3) is 0 Å². The Morgan fingerprint density at radius 1 is 1.22 bits per heavy atom. The van der Waals surface area contributed by atoms with Gasteiger partial charge in [-0.3, -0.25) is 4.79 Å². The highest BCUT2D eigenvalue weighted by Gasteiger charge is 2.67. The summed E-state index contributed by atoms with van der Waals surface area (Å²) in [5, 5.41) is 10.2. The molecule has 1 fully saturated rings. The van der Waals surface area contributed by atoms with E-state index in [1.165, 1.54) is 18.2 Å². The molecule has 0 saturated heterocycles. The molecule has 0 aromatic heterocycles. The lowest BCUT2D eigenvalue weighted by Crippen LogP contribution is -2.23. The quantitative estimate of drug-likeness (QED) is 0.223. The molecule has 2 aromatic rings. The lowest BCUT2D eigenvalue weighted by atomic mass is 10.1. The second-order valence-corrected chi connectivity index (χ2v) is 16.3. The van der Waals surface area contributed by atoms with E-state index in [1.54, 1.807) is 24.3 Å². The summed E-state index contributed by atoms with van der Waals surface area (Å²) < 4.78 is 24.8. The van der Waals surface area contributed by atoms with Crippen LogP contribution in [0, 0.1) is 34.4 Å². The van der Waals surface area contributed by atoms with Gasteiger partial charge in [-0.05, 0) is 47.7 Å². The van der Waals surface area contributed by atoms with Gasteiger partial charge in [-0.1, -0.05) is 95.2 Å². The maximum atomic E-state index is 14.3. The zero-order chi connectivity index (χ0) is 23.8. The van der Waals surface area contributed by atoms with Crippen molar-refractivity contribution in [1.29, 1.82) is 5.26 Å². The van der Waals surface area contributed by atoms with Gasteiger partial charge in [0.05, 0.1) is 10.7 Å². The second kappa shape index (κ2) is 9.91. The van der Waals surface area contributed by atoms with Crippen molar-refractivity contribution in [3.8, 4) is 17.6 Å². The number of rotatable bonds is 6. The molecule has 1 aliphatic rings. The van der Waals surface area contributed by atoms with Gasteiger partial charge < -0.3 is 9.47 Å². The Kier molecular flexibility index (Phi) is 8.04. The number of nitrogens with zero attached hydrogens (tertiary/aromatic N) is 1. The molecule has 4 unspecified atom stereocenters. The Morgan fingerprint density at radius 2 is 1.84 bits per heavy atom. The van der Waals surface area contributed by atoms with E-state index in [2.05, 4.69) is 63.7 Å². The monoisotopic (exact) mass is 713 g/mol. The summed E-state index contributed by atoms with van der Waals surface area (Å²) in [6, 6.07) is 12.3. The van der Waals surface area contributed by atoms with Gasteiger partial charge in [0.15, 0.2) is 11.6 Å². The summed E-state index contributed by atoms with van der Waals surface area (Å²) in [6.45, 7) is 3.93. The number of hydrogen-bond donors (Lipinski definition) is 0. The summed E-state index contributed by atoms with van der Waals surface area (Å²) in [5.74, 6) is -1.28. The topological polar surface area (TPSA) is 59.3 Å². The van der Waals surface area contributed by atoms with Gasteiger partial charge in [0, 0.05) is 10.6 Å². The van der Waals surface area contributed by atoms with Crippen LogP contribution in [0.25, 0.3) is 0 Å². The first kappa shape index (κ1) is 26.0. The first-order valence-corrected chi connectivity index (χ1v) is 13.1. The van der Waals surface area contributed by atoms with Crippen molar-refractivity contribution in [2.75, 3.05) is 0 Å². The van der Waals surface area contributed by atoms with Gasteiger partial charge in [-0.25, -0.2) is 4.39 Å². The first-order valence-electron chi connectivity index (χ1n) is 9.40. The number of alkyl halides is 4. The molecule has 4 nitrogen and oxygen atoms in total. The van der Waals surface area contributed by atoms with Crippen molar-refractivity contribution in [3.63, 3.8) is 0 Å². The highest BCUT2D eigenvalue weighted by Crippen LogP contribution is 2.66. The van der Waals surface area contributed by atoms with Crippen LogP contribution in [0.2, 0.25) is 5.02 Å². The van der Waals surface area contributed by atoms with Crippen LogP contribution in [0.4, 0.5) is 4.39 Å². The van der Waals surface area contributed by atoms with Gasteiger partial charge in [0.1, 0.15) is 14.0 Å². The van der Waals surface area contributed by atoms with Gasteiger partial charge in [-0.2, -0.15) is 5.26 Å². The zero-order valence-electron chi connectivity index (χ0n) is 16.8. The summed E-state index contributed by atoms with van der Waals surface area (Å²) in [5.41, 5.74) is -0.0234. The van der Waals surface area contributed by atoms with Gasteiger partial charge in [-0.15, -0.1) is 0 Å². The number of benzene rings is 2. The number of carbonyl (C=O) groups excluding carboxylic acids is 1. The molecule has 3 rings (SSSR count). The predicted octanol–water partition coefficient (Wildman–Crippen LogP) is 8.25. The third kappa shape index (κ3) is 5.69. The highest BCUT2D eigenvalue weighted by atomic mass is 80.0. The predicted molar refractivity (Wildman–Crippen MR) is 135 cm³/mol. The highest BCUT2D eigenvalue weighted by molar-refractivity contribution is 9.40. The van der Waals surface area contributed by atoms with Crippen LogP contribution < -0.4 is 4.74 Å². The molecule has 1 saturated carbocycles. The van der Waals surface area contributed by atoms with Crippen LogP contribution in [0.5, 0.6) is 11.5 Å². The standard InChI is InChI=1S/C22H17Br4ClFNO3/c1-21(2)17(19(23)22(24,25)26)18(21)20(30)32-16(10-29)11-3-8-14(28)15(9-11)31-13-6-4-12(27)5-7-13/h3-9,16-19H,1-2H3. The molecule has 0 radical (unpaired) electrons. The minimum absolute atomic E-state index is 0.0514. The van der Waals surface area contributed by atoms with Crippen molar-refractivity contribution in [1.82, 2.24) is 0 Å². The Bertz CT molecular complexity index is 1050. The van der Waals surface area contributed by atoms with E-state index in [0.29, 0.717) is 16.3 Å². The van der Waals surface area contributed by atoms with Gasteiger partial charge >= 0.3 is 5.97 Å². The minimum atomic E-state index is -1.21. The molecular formula is C22H17Br4ClFNO3. The van der Waals surface area contributed by atoms with Crippen molar-refractivity contribution in [2.45, 2.75) is 26.9 Å². The zero-order valence-corrected chi connectivity index (χ0v) is 23.9. The number of nitriles is 1. The maximum Gasteiger partial charge on any atom is 0.311 e. The molecule has 1 aliphatic carbocycles. The van der Waals surface area contributed by atoms with Crippen LogP contribution in [-0.4, -0.2) is 12.9 Å². The molecule has 0 heterocycles. The fourth-order valence-electron chi connectivity index (χ4n) is 3.63. The van der Waals surface area contributed by atoms with Crippen molar-refractivity contribution in [3.05, 3.63) is 58.9 Å². The number of carbonyl (C=O) groups is 1. The molecule has 0 spiro atoms. The summed E-state index contributed by atoms with van der Waals surface area (Å²) in [6.07, 6.45) is -1.21. The molecule has 0 N–H and O–H groups in total. The smallest absolute Gasteiger partial charge is 0.311 e. The van der Waals surface area contributed by atoms with Crippen LogP contribution in [0.1, 0.15) is 25.5 Å². The summed E-state index contributed by atoms with van der Waals surface area (Å²) in [4.78, 5) is 12.8. The van der Waals surface area contributed by atoms with Crippen molar-refractivity contribution < 1.29 is 18.7 Å². The lowest BCUT2D eigenvalue weighted by molar-refractivity contribution is -0.149. The van der Waals surface area contributed by atoms with Crippen molar-refractivity contribution in [2.24, 2.45) is 17.3 Å². The fraction of sp³-hybridized carbons (Fsp3) is 0.364. The Labute approximate surface area is 224 Å². The van der Waals surface area contributed by atoms with Crippen LogP contribution >= 0.6 is 75.3 Å². The Hall–Kier alpha value is -0.660. The summed E-state index contributed by atoms with van der Waals surface area (Å²) >= 11 is 19.9. The Morgan fingerprint density at radius 3 is 2.41 bits per heavy atom. The van der Waals surface area contributed by atoms with E-state index in [-0.39, 0.29) is 21.9 Å². The SMILES string of the molecule is CC1(C)C(C(=O)OC(C#N)c2ccc(F)c(Oc3ccc(Cl)cc3)c2)C1C(Br)C(Br)(Br)Br. The van der Waals surface area contributed by atoms with E-state index in [4.69, 9.17) is 21.1 Å². The number of ether oxygens (including phenoxy) is 2. The summed E-state index contributed by atoms with van der Waals surface area (Å²) in [7, 11) is 0. The molecule has 0 bridgehead atoms. The van der Waals surface area contributed by atoms with E-state index in [0.717, 1.165) is 0 Å². The molecule has 10 heteroatoms.